The Balaban J connectivity index is 0.855. The van der Waals surface area contributed by atoms with E-state index in [-0.39, 0.29) is 0 Å². The summed E-state index contributed by atoms with van der Waals surface area (Å²) in [5.41, 5.74) is 21.8. The largest absolute Gasteiger partial charge is 0.456 e. The lowest BCUT2D eigenvalue weighted by atomic mass is 9.92. The van der Waals surface area contributed by atoms with E-state index < -0.39 is 8.07 Å². The summed E-state index contributed by atoms with van der Waals surface area (Å²) in [6.45, 7) is 5.10. The first-order valence-electron chi connectivity index (χ1n) is 29.9. The molecule has 0 bridgehead atoms. The maximum Gasteiger partial charge on any atom is 0.135 e. The molecule has 17 rings (SSSR count). The molecule has 0 unspecified atom stereocenters. The predicted octanol–water partition coefficient (Wildman–Crippen LogP) is 22.2. The Kier molecular flexibility index (Phi) is 11.7. The Morgan fingerprint density at radius 1 is 0.241 bits per heavy atom. The molecule has 5 heteroatoms. The van der Waals surface area contributed by atoms with Crippen LogP contribution in [0.4, 0.5) is 34.1 Å². The zero-order chi connectivity index (χ0) is 57.7. The molecule has 410 valence electrons. The molecular formula is C82H56N2O2Si. The lowest BCUT2D eigenvalue weighted by Gasteiger charge is -2.36. The van der Waals surface area contributed by atoms with Gasteiger partial charge in [-0.15, -0.1) is 0 Å². The van der Waals surface area contributed by atoms with Gasteiger partial charge in [0.2, 0.25) is 0 Å². The van der Waals surface area contributed by atoms with Crippen molar-refractivity contribution in [3.05, 3.63) is 303 Å². The minimum absolute atomic E-state index is 0.868. The number of fused-ring (bicyclic) bond motifs is 10. The quantitative estimate of drug-likeness (QED) is 0.101. The van der Waals surface area contributed by atoms with Crippen LogP contribution in [-0.2, 0) is 0 Å². The topological polar surface area (TPSA) is 32.8 Å². The predicted molar refractivity (Wildman–Crippen MR) is 369 cm³/mol. The van der Waals surface area contributed by atoms with Crippen molar-refractivity contribution in [2.45, 2.75) is 13.1 Å². The minimum Gasteiger partial charge on any atom is -0.456 e. The second kappa shape index (κ2) is 20.1. The van der Waals surface area contributed by atoms with E-state index in [0.717, 1.165) is 111 Å². The Bertz CT molecular complexity index is 5260. The number of anilines is 6. The van der Waals surface area contributed by atoms with Gasteiger partial charge in [0.1, 0.15) is 30.4 Å². The standard InChI is InChI=1S/C82H56N2O2Si/c1-87(2)80-33-19-30-71-72-49-62(83(63-37-40-78-73(50-63)68-28-15-17-31-76(68)85-78)66-44-58(53-20-7-3-8-21-53)42-59(45-66)54-22-9-4-10-23-54)35-34-57(72)48-75(82(71)80)70-39-36-65(52-81(70)87)84(64-38-41-79-74(51-64)69-29-16-18-32-77(69)86-79)67-46-60(55-24-11-5-12-25-55)43-61(47-67)56-26-13-6-14-27-56/h3-52H,1-2H3. The van der Waals surface area contributed by atoms with Gasteiger partial charge in [0.15, 0.2) is 0 Å². The summed E-state index contributed by atoms with van der Waals surface area (Å²) in [6.07, 6.45) is 0. The highest BCUT2D eigenvalue weighted by Gasteiger charge is 2.37. The van der Waals surface area contributed by atoms with E-state index >= 15 is 0 Å². The fraction of sp³-hybridized carbons (Fsp3) is 0.0244. The smallest absolute Gasteiger partial charge is 0.135 e. The molecule has 0 spiro atoms. The van der Waals surface area contributed by atoms with Crippen LogP contribution in [-0.4, -0.2) is 8.07 Å². The summed E-state index contributed by atoms with van der Waals surface area (Å²) in [6, 6.07) is 111. The first kappa shape index (κ1) is 50.5. The van der Waals surface area contributed by atoms with Crippen LogP contribution >= 0.6 is 0 Å². The van der Waals surface area contributed by atoms with Crippen LogP contribution in [0.1, 0.15) is 0 Å². The van der Waals surface area contributed by atoms with Crippen molar-refractivity contribution in [2.24, 2.45) is 0 Å². The molecule has 0 aliphatic carbocycles. The Labute approximate surface area is 505 Å². The van der Waals surface area contributed by atoms with Gasteiger partial charge in [-0.2, -0.15) is 0 Å². The fourth-order valence-corrected chi connectivity index (χ4v) is 17.0. The van der Waals surface area contributed by atoms with Crippen LogP contribution in [0.2, 0.25) is 13.1 Å². The Morgan fingerprint density at radius 2 is 0.632 bits per heavy atom. The normalized spacial score (nSPS) is 12.6. The van der Waals surface area contributed by atoms with Gasteiger partial charge in [-0.3, -0.25) is 0 Å². The van der Waals surface area contributed by atoms with Gasteiger partial charge in [-0.05, 0) is 203 Å². The third kappa shape index (κ3) is 8.49. The first-order chi connectivity index (χ1) is 42.8. The number of nitrogens with zero attached hydrogens (tertiary/aromatic N) is 2. The van der Waals surface area contributed by atoms with Crippen molar-refractivity contribution in [3.8, 4) is 55.6 Å². The highest BCUT2D eigenvalue weighted by molar-refractivity contribution is 7.03. The highest BCUT2D eigenvalue weighted by atomic mass is 28.3. The van der Waals surface area contributed by atoms with Gasteiger partial charge in [0.25, 0.3) is 0 Å². The maximum absolute atomic E-state index is 6.45. The third-order valence-electron chi connectivity index (χ3n) is 18.1. The van der Waals surface area contributed by atoms with Crippen LogP contribution in [0.5, 0.6) is 0 Å². The summed E-state index contributed by atoms with van der Waals surface area (Å²) in [5.74, 6) is 0. The maximum atomic E-state index is 6.45. The zero-order valence-electron chi connectivity index (χ0n) is 48.1. The summed E-state index contributed by atoms with van der Waals surface area (Å²) >= 11 is 0. The van der Waals surface area contributed by atoms with Crippen LogP contribution < -0.4 is 20.2 Å². The molecule has 1 aliphatic heterocycles. The molecule has 0 atom stereocenters. The minimum atomic E-state index is -2.45. The molecule has 0 saturated carbocycles. The van der Waals surface area contributed by atoms with Crippen molar-refractivity contribution in [1.29, 1.82) is 0 Å². The van der Waals surface area contributed by atoms with Crippen LogP contribution in [0.15, 0.2) is 312 Å². The van der Waals surface area contributed by atoms with E-state index in [4.69, 9.17) is 8.83 Å². The van der Waals surface area contributed by atoms with E-state index in [1.807, 2.05) is 12.1 Å². The van der Waals surface area contributed by atoms with Gasteiger partial charge >= 0.3 is 0 Å². The number of hydrogen-bond acceptors (Lipinski definition) is 4. The molecule has 14 aromatic carbocycles. The number of rotatable bonds is 10. The number of para-hydroxylation sites is 2. The third-order valence-corrected chi connectivity index (χ3v) is 21.7. The number of furan rings is 2. The van der Waals surface area contributed by atoms with Crippen molar-refractivity contribution in [3.63, 3.8) is 0 Å². The Morgan fingerprint density at radius 3 is 1.11 bits per heavy atom. The van der Waals surface area contributed by atoms with E-state index in [1.54, 1.807) is 0 Å². The summed E-state index contributed by atoms with van der Waals surface area (Å²) in [5, 5.41) is 12.3. The average molecular weight is 1130 g/mol. The molecule has 2 aromatic heterocycles. The zero-order valence-corrected chi connectivity index (χ0v) is 49.1. The monoisotopic (exact) mass is 1130 g/mol. The molecule has 16 aromatic rings. The lowest BCUT2D eigenvalue weighted by Crippen LogP contribution is -2.56. The van der Waals surface area contributed by atoms with Crippen LogP contribution in [0.3, 0.4) is 0 Å². The van der Waals surface area contributed by atoms with E-state index in [9.17, 15) is 0 Å². The van der Waals surface area contributed by atoms with Crippen molar-refractivity contribution in [1.82, 2.24) is 0 Å². The number of hydrogen-bond donors (Lipinski definition) is 0. The van der Waals surface area contributed by atoms with Crippen LogP contribution in [0, 0.1) is 0 Å². The molecule has 1 aliphatic rings. The first-order valence-corrected chi connectivity index (χ1v) is 32.9. The second-order valence-electron chi connectivity index (χ2n) is 23.6. The fourth-order valence-electron chi connectivity index (χ4n) is 13.9. The lowest BCUT2D eigenvalue weighted by molar-refractivity contribution is 0.668. The van der Waals surface area contributed by atoms with Crippen LogP contribution in [0.25, 0.3) is 121 Å². The van der Waals surface area contributed by atoms with Gasteiger partial charge in [-0.1, -0.05) is 201 Å². The molecule has 87 heavy (non-hydrogen) atoms. The summed E-state index contributed by atoms with van der Waals surface area (Å²) in [7, 11) is -2.45. The summed E-state index contributed by atoms with van der Waals surface area (Å²) in [4.78, 5) is 4.92. The second-order valence-corrected chi connectivity index (χ2v) is 28.0. The molecule has 3 heterocycles. The molecule has 0 saturated heterocycles. The van der Waals surface area contributed by atoms with Crippen molar-refractivity contribution in [2.75, 3.05) is 9.80 Å². The molecule has 0 fully saturated rings. The molecule has 0 N–H and O–H groups in total. The van der Waals surface area contributed by atoms with Gasteiger partial charge in [0, 0.05) is 55.7 Å². The molecule has 0 radical (unpaired) electrons. The van der Waals surface area contributed by atoms with E-state index in [1.165, 1.54) is 54.2 Å². The van der Waals surface area contributed by atoms with Crippen molar-refractivity contribution < 1.29 is 8.83 Å². The van der Waals surface area contributed by atoms with Crippen molar-refractivity contribution >= 4 is 118 Å². The SMILES string of the molecule is C[Si]1(C)c2cc(N(c3cc(-c4ccccc4)cc(-c4ccccc4)c3)c3ccc4oc5ccccc5c4c3)ccc2-c2cc3ccc(N(c4cc(-c5ccccc5)cc(-c5ccccc5)c4)c4ccc5oc6ccccc6c5c4)cc3c3cccc1c23. The molecule has 4 nitrogen and oxygen atoms in total. The summed E-state index contributed by atoms with van der Waals surface area (Å²) < 4.78 is 12.9. The molecule has 0 amide bonds. The molecular weight excluding hydrogens is 1070 g/mol. The average Bonchev–Trinajstić information content (AvgIpc) is 1.84. The number of benzene rings is 14. The highest BCUT2D eigenvalue weighted by Crippen LogP contribution is 2.48. The Hall–Kier alpha value is -11.0. The van der Waals surface area contributed by atoms with Gasteiger partial charge in [0.05, 0.1) is 0 Å². The van der Waals surface area contributed by atoms with E-state index in [0.29, 0.717) is 0 Å². The van der Waals surface area contributed by atoms with Gasteiger partial charge in [-0.25, -0.2) is 0 Å². The van der Waals surface area contributed by atoms with Gasteiger partial charge < -0.3 is 18.6 Å². The van der Waals surface area contributed by atoms with E-state index in [2.05, 4.69) is 314 Å².